The first-order valence-electron chi connectivity index (χ1n) is 5.37. The van der Waals surface area contributed by atoms with E-state index in [1.165, 1.54) is 7.11 Å². The molecule has 2 rings (SSSR count). The minimum Gasteiger partial charge on any atom is -0.481 e. The van der Waals surface area contributed by atoms with Gasteiger partial charge in [-0.25, -0.2) is 0 Å². The molecule has 94 valence electrons. The summed E-state index contributed by atoms with van der Waals surface area (Å²) in [5, 5.41) is 0.652. The summed E-state index contributed by atoms with van der Waals surface area (Å²) in [7, 11) is 1.54. The SMILES string of the molecule is COc1ccc(N)c(OCc2ccccc2Cl)n1. The number of hydrogen-bond donors (Lipinski definition) is 1. The molecule has 0 bridgehead atoms. The molecule has 0 fully saturated rings. The van der Waals surface area contributed by atoms with E-state index in [-0.39, 0.29) is 0 Å². The van der Waals surface area contributed by atoms with Gasteiger partial charge in [0.05, 0.1) is 12.8 Å². The van der Waals surface area contributed by atoms with Crippen LogP contribution in [0.15, 0.2) is 36.4 Å². The third-order valence-electron chi connectivity index (χ3n) is 2.40. The molecule has 1 aromatic heterocycles. The number of nitrogen functional groups attached to an aromatic ring is 1. The third-order valence-corrected chi connectivity index (χ3v) is 2.76. The number of ether oxygens (including phenoxy) is 2. The lowest BCUT2D eigenvalue weighted by atomic mass is 10.2. The standard InChI is InChI=1S/C13H13ClN2O2/c1-17-12-7-6-11(15)13(16-12)18-8-9-4-2-3-5-10(9)14/h2-7H,8,15H2,1H3. The van der Waals surface area contributed by atoms with Crippen molar-refractivity contribution in [2.24, 2.45) is 0 Å². The second-order valence-corrected chi connectivity index (χ2v) is 4.04. The molecule has 2 aromatic rings. The van der Waals surface area contributed by atoms with Gasteiger partial charge in [-0.1, -0.05) is 29.8 Å². The van der Waals surface area contributed by atoms with Gasteiger partial charge < -0.3 is 15.2 Å². The second-order valence-electron chi connectivity index (χ2n) is 3.63. The largest absolute Gasteiger partial charge is 0.481 e. The quantitative estimate of drug-likeness (QED) is 0.922. The fourth-order valence-corrected chi connectivity index (χ4v) is 1.62. The Balaban J connectivity index is 2.13. The predicted octanol–water partition coefficient (Wildman–Crippen LogP) is 2.90. The molecule has 4 nitrogen and oxygen atoms in total. The molecular formula is C13H13ClN2O2. The highest BCUT2D eigenvalue weighted by Crippen LogP contribution is 2.24. The molecule has 0 aliphatic heterocycles. The maximum absolute atomic E-state index is 6.03. The Morgan fingerprint density at radius 2 is 2.00 bits per heavy atom. The van der Waals surface area contributed by atoms with Gasteiger partial charge in [0.25, 0.3) is 0 Å². The van der Waals surface area contributed by atoms with Gasteiger partial charge in [-0.05, 0) is 12.1 Å². The van der Waals surface area contributed by atoms with Crippen molar-refractivity contribution >= 4 is 17.3 Å². The molecular weight excluding hydrogens is 252 g/mol. The molecule has 0 aliphatic carbocycles. The monoisotopic (exact) mass is 264 g/mol. The summed E-state index contributed by atoms with van der Waals surface area (Å²) in [6.45, 7) is 0.310. The zero-order chi connectivity index (χ0) is 13.0. The first-order chi connectivity index (χ1) is 8.70. The lowest BCUT2D eigenvalue weighted by Gasteiger charge is -2.09. The number of benzene rings is 1. The fraction of sp³-hybridized carbons (Fsp3) is 0.154. The van der Waals surface area contributed by atoms with Gasteiger partial charge >= 0.3 is 0 Å². The molecule has 18 heavy (non-hydrogen) atoms. The summed E-state index contributed by atoms with van der Waals surface area (Å²) in [5.41, 5.74) is 7.11. The highest BCUT2D eigenvalue weighted by molar-refractivity contribution is 6.31. The van der Waals surface area contributed by atoms with Crippen molar-refractivity contribution in [3.63, 3.8) is 0 Å². The summed E-state index contributed by atoms with van der Waals surface area (Å²) in [6.07, 6.45) is 0. The van der Waals surface area contributed by atoms with Crippen LogP contribution in [0.1, 0.15) is 5.56 Å². The number of pyridine rings is 1. The molecule has 0 unspecified atom stereocenters. The first-order valence-corrected chi connectivity index (χ1v) is 5.75. The lowest BCUT2D eigenvalue weighted by molar-refractivity contribution is 0.289. The van der Waals surface area contributed by atoms with Gasteiger partial charge in [0.15, 0.2) is 0 Å². The summed E-state index contributed by atoms with van der Waals surface area (Å²) in [6, 6.07) is 10.8. The average Bonchev–Trinajstić information content (AvgIpc) is 2.39. The van der Waals surface area contributed by atoms with Crippen molar-refractivity contribution in [1.29, 1.82) is 0 Å². The van der Waals surface area contributed by atoms with Crippen LogP contribution >= 0.6 is 11.6 Å². The Labute approximate surface area is 110 Å². The van der Waals surface area contributed by atoms with E-state index in [1.807, 2.05) is 24.3 Å². The Morgan fingerprint density at radius 3 is 2.72 bits per heavy atom. The number of aromatic nitrogens is 1. The summed E-state index contributed by atoms with van der Waals surface area (Å²) >= 11 is 6.03. The molecule has 0 amide bonds. The van der Waals surface area contributed by atoms with Crippen LogP contribution in [0.2, 0.25) is 5.02 Å². The van der Waals surface area contributed by atoms with Crippen LogP contribution in [0.3, 0.4) is 0 Å². The van der Waals surface area contributed by atoms with Gasteiger partial charge in [-0.2, -0.15) is 4.98 Å². The van der Waals surface area contributed by atoms with Gasteiger partial charge in [0.2, 0.25) is 11.8 Å². The van der Waals surface area contributed by atoms with Gasteiger partial charge in [0, 0.05) is 16.7 Å². The van der Waals surface area contributed by atoms with Crippen LogP contribution in [0.25, 0.3) is 0 Å². The third kappa shape index (κ3) is 2.84. The van der Waals surface area contributed by atoms with Crippen molar-refractivity contribution in [3.8, 4) is 11.8 Å². The Bertz CT molecular complexity index is 546. The van der Waals surface area contributed by atoms with E-state index < -0.39 is 0 Å². The van der Waals surface area contributed by atoms with Crippen molar-refractivity contribution in [3.05, 3.63) is 47.0 Å². The molecule has 1 aromatic carbocycles. The zero-order valence-electron chi connectivity index (χ0n) is 9.89. The molecule has 0 saturated heterocycles. The van der Waals surface area contributed by atoms with E-state index in [4.69, 9.17) is 26.8 Å². The highest BCUT2D eigenvalue weighted by Gasteiger charge is 2.06. The van der Waals surface area contributed by atoms with E-state index in [2.05, 4.69) is 4.98 Å². The Morgan fingerprint density at radius 1 is 1.22 bits per heavy atom. The molecule has 0 saturated carbocycles. The smallest absolute Gasteiger partial charge is 0.240 e. The van der Waals surface area contributed by atoms with Crippen molar-refractivity contribution in [2.75, 3.05) is 12.8 Å². The summed E-state index contributed by atoms with van der Waals surface area (Å²) < 4.78 is 10.6. The van der Waals surface area contributed by atoms with E-state index in [9.17, 15) is 0 Å². The van der Waals surface area contributed by atoms with Gasteiger partial charge in [-0.15, -0.1) is 0 Å². The van der Waals surface area contributed by atoms with Crippen molar-refractivity contribution < 1.29 is 9.47 Å². The molecule has 5 heteroatoms. The summed E-state index contributed by atoms with van der Waals surface area (Å²) in [4.78, 5) is 4.12. The molecule has 0 atom stereocenters. The lowest BCUT2D eigenvalue weighted by Crippen LogP contribution is -2.02. The molecule has 0 spiro atoms. The van der Waals surface area contributed by atoms with Crippen molar-refractivity contribution in [2.45, 2.75) is 6.61 Å². The average molecular weight is 265 g/mol. The number of nitrogens with two attached hydrogens (primary N) is 1. The second kappa shape index (κ2) is 5.60. The van der Waals surface area contributed by atoms with Crippen LogP contribution < -0.4 is 15.2 Å². The number of methoxy groups -OCH3 is 1. The maximum Gasteiger partial charge on any atom is 0.240 e. The van der Waals surface area contributed by atoms with Gasteiger partial charge in [-0.3, -0.25) is 0 Å². The summed E-state index contributed by atoms with van der Waals surface area (Å²) in [5.74, 6) is 0.799. The topological polar surface area (TPSA) is 57.4 Å². The molecule has 0 radical (unpaired) electrons. The van der Waals surface area contributed by atoms with Crippen LogP contribution in [0, 0.1) is 0 Å². The maximum atomic E-state index is 6.03. The van der Waals surface area contributed by atoms with E-state index in [1.54, 1.807) is 12.1 Å². The van der Waals surface area contributed by atoms with E-state index in [0.29, 0.717) is 29.1 Å². The predicted molar refractivity (Wildman–Crippen MR) is 71.0 cm³/mol. The normalized spacial score (nSPS) is 10.1. The van der Waals surface area contributed by atoms with Crippen molar-refractivity contribution in [1.82, 2.24) is 4.98 Å². The zero-order valence-corrected chi connectivity index (χ0v) is 10.6. The number of halogens is 1. The molecule has 2 N–H and O–H groups in total. The fourth-order valence-electron chi connectivity index (χ4n) is 1.43. The van der Waals surface area contributed by atoms with E-state index in [0.717, 1.165) is 5.56 Å². The Kier molecular flexibility index (Phi) is 3.89. The number of hydrogen-bond acceptors (Lipinski definition) is 4. The number of nitrogens with zero attached hydrogens (tertiary/aromatic N) is 1. The number of anilines is 1. The minimum atomic E-state index is 0.310. The molecule has 1 heterocycles. The minimum absolute atomic E-state index is 0.310. The van der Waals surface area contributed by atoms with Crippen LogP contribution in [0.5, 0.6) is 11.8 Å². The highest BCUT2D eigenvalue weighted by atomic mass is 35.5. The Hall–Kier alpha value is -1.94. The van der Waals surface area contributed by atoms with Gasteiger partial charge in [0.1, 0.15) is 6.61 Å². The number of rotatable bonds is 4. The van der Waals surface area contributed by atoms with Crippen LogP contribution in [0.4, 0.5) is 5.69 Å². The first kappa shape index (κ1) is 12.5. The molecule has 0 aliphatic rings. The van der Waals surface area contributed by atoms with Crippen LogP contribution in [-0.4, -0.2) is 12.1 Å². The van der Waals surface area contributed by atoms with Crippen LogP contribution in [-0.2, 0) is 6.61 Å². The van der Waals surface area contributed by atoms with E-state index >= 15 is 0 Å².